The summed E-state index contributed by atoms with van der Waals surface area (Å²) >= 11 is 3.39. The number of rotatable bonds is 4. The van der Waals surface area contributed by atoms with Crippen LogP contribution in [0, 0.1) is 0 Å². The van der Waals surface area contributed by atoms with Gasteiger partial charge in [0.05, 0.1) is 17.2 Å². The van der Waals surface area contributed by atoms with Gasteiger partial charge in [0.1, 0.15) is 16.5 Å². The first-order valence-corrected chi connectivity index (χ1v) is 11.1. The Hall–Kier alpha value is -1.74. The molecule has 1 fully saturated rings. The van der Waals surface area contributed by atoms with Gasteiger partial charge in [-0.3, -0.25) is 0 Å². The molecule has 3 heterocycles. The first-order chi connectivity index (χ1) is 12.8. The number of thioether (sulfide) groups is 1. The molecule has 5 rings (SSSR count). The van der Waals surface area contributed by atoms with Crippen molar-refractivity contribution < 1.29 is 0 Å². The zero-order valence-electron chi connectivity index (χ0n) is 14.5. The minimum Gasteiger partial charge on any atom is -0.383 e. The van der Waals surface area contributed by atoms with Gasteiger partial charge in [0.15, 0.2) is 0 Å². The lowest BCUT2D eigenvalue weighted by molar-refractivity contribution is 0.423. The number of nitrogens with zero attached hydrogens (tertiary/aromatic N) is 6. The number of aryl methyl sites for hydroxylation is 2. The van der Waals surface area contributed by atoms with Crippen LogP contribution in [0.25, 0.3) is 10.2 Å². The zero-order valence-corrected chi connectivity index (χ0v) is 16.2. The Bertz CT molecular complexity index is 942. The number of thiophene rings is 1. The quantitative estimate of drug-likeness (QED) is 0.684. The lowest BCUT2D eigenvalue weighted by atomic mass is 9.97. The maximum atomic E-state index is 6.30. The molecule has 0 saturated heterocycles. The van der Waals surface area contributed by atoms with Crippen LogP contribution in [0.5, 0.6) is 0 Å². The number of fused-ring (bicyclic) bond motifs is 3. The highest BCUT2D eigenvalue weighted by Crippen LogP contribution is 2.38. The van der Waals surface area contributed by atoms with Crippen molar-refractivity contribution in [2.75, 3.05) is 5.73 Å². The molecule has 0 aromatic carbocycles. The number of aromatic nitrogens is 6. The highest BCUT2D eigenvalue weighted by molar-refractivity contribution is 7.98. The molecule has 0 amide bonds. The van der Waals surface area contributed by atoms with Gasteiger partial charge in [0, 0.05) is 4.88 Å². The van der Waals surface area contributed by atoms with Crippen molar-refractivity contribution in [3.05, 3.63) is 16.3 Å². The summed E-state index contributed by atoms with van der Waals surface area (Å²) in [5.74, 6) is 2.02. The number of hydrogen-bond acceptors (Lipinski definition) is 8. The smallest absolute Gasteiger partial charge is 0.210 e. The fourth-order valence-corrected chi connectivity index (χ4v) is 6.17. The van der Waals surface area contributed by atoms with Gasteiger partial charge in [-0.2, -0.15) is 0 Å². The molecular formula is C17H21N7S2. The predicted molar refractivity (Wildman–Crippen MR) is 103 cm³/mol. The molecule has 0 spiro atoms. The van der Waals surface area contributed by atoms with Crippen molar-refractivity contribution in [3.8, 4) is 0 Å². The monoisotopic (exact) mass is 387 g/mol. The van der Waals surface area contributed by atoms with E-state index in [9.17, 15) is 0 Å². The van der Waals surface area contributed by atoms with E-state index in [0.717, 1.165) is 46.9 Å². The molecule has 2 aliphatic carbocycles. The fourth-order valence-electron chi connectivity index (χ4n) is 4.08. The van der Waals surface area contributed by atoms with E-state index in [1.807, 2.05) is 4.68 Å². The van der Waals surface area contributed by atoms with E-state index in [-0.39, 0.29) is 0 Å². The fraction of sp³-hybridized carbons (Fsp3) is 0.588. The molecule has 0 radical (unpaired) electrons. The topological polar surface area (TPSA) is 95.4 Å². The first kappa shape index (κ1) is 16.4. The normalized spacial score (nSPS) is 17.8. The average Bonchev–Trinajstić information content (AvgIpc) is 3.37. The molecule has 2 N–H and O–H groups in total. The van der Waals surface area contributed by atoms with Gasteiger partial charge in [-0.15, -0.1) is 16.4 Å². The van der Waals surface area contributed by atoms with E-state index < -0.39 is 0 Å². The lowest BCUT2D eigenvalue weighted by Gasteiger charge is -2.11. The van der Waals surface area contributed by atoms with Crippen molar-refractivity contribution in [3.63, 3.8) is 0 Å². The van der Waals surface area contributed by atoms with Gasteiger partial charge < -0.3 is 5.73 Å². The van der Waals surface area contributed by atoms with Crippen LogP contribution in [0.3, 0.4) is 0 Å². The molecule has 0 unspecified atom stereocenters. The van der Waals surface area contributed by atoms with Crippen molar-refractivity contribution in [2.45, 2.75) is 68.3 Å². The highest BCUT2D eigenvalue weighted by Gasteiger charge is 2.23. The number of nitrogen functional groups attached to an aromatic ring is 1. The van der Waals surface area contributed by atoms with Crippen LogP contribution in [-0.2, 0) is 18.6 Å². The van der Waals surface area contributed by atoms with Gasteiger partial charge in [0.2, 0.25) is 5.16 Å². The molecular weight excluding hydrogens is 366 g/mol. The number of nitrogens with two attached hydrogens (primary N) is 1. The van der Waals surface area contributed by atoms with Gasteiger partial charge in [-0.05, 0) is 54.5 Å². The Labute approximate surface area is 159 Å². The van der Waals surface area contributed by atoms with Crippen molar-refractivity contribution in [2.24, 2.45) is 0 Å². The molecule has 9 heteroatoms. The molecule has 0 aliphatic heterocycles. The zero-order chi connectivity index (χ0) is 17.5. The van der Waals surface area contributed by atoms with Crippen LogP contribution < -0.4 is 5.73 Å². The molecule has 2 aliphatic rings. The molecule has 26 heavy (non-hydrogen) atoms. The van der Waals surface area contributed by atoms with E-state index in [1.165, 1.54) is 36.1 Å². The van der Waals surface area contributed by atoms with E-state index in [1.54, 1.807) is 23.1 Å². The second-order valence-corrected chi connectivity index (χ2v) is 9.08. The summed E-state index contributed by atoms with van der Waals surface area (Å²) in [5, 5.41) is 14.2. The molecule has 3 aromatic heterocycles. The summed E-state index contributed by atoms with van der Waals surface area (Å²) in [7, 11) is 0. The van der Waals surface area contributed by atoms with Crippen LogP contribution in [0.2, 0.25) is 0 Å². The van der Waals surface area contributed by atoms with Crippen LogP contribution in [-0.4, -0.2) is 30.2 Å². The minimum absolute atomic E-state index is 0.435. The average molecular weight is 388 g/mol. The molecule has 3 aromatic rings. The number of hydrogen-bond donors (Lipinski definition) is 1. The lowest BCUT2D eigenvalue weighted by Crippen LogP contribution is -2.08. The van der Waals surface area contributed by atoms with Crippen LogP contribution in [0.15, 0.2) is 5.16 Å². The number of anilines is 1. The standard InChI is InChI=1S/C17H21N7S2/c18-15-14-11-7-3-4-8-12(11)26-16(14)20-13(19-15)9-25-17-21-22-23-24(17)10-5-1-2-6-10/h10H,1-9H2,(H2,18,19,20). The maximum Gasteiger partial charge on any atom is 0.210 e. The summed E-state index contributed by atoms with van der Waals surface area (Å²) < 4.78 is 1.98. The highest BCUT2D eigenvalue weighted by atomic mass is 32.2. The van der Waals surface area contributed by atoms with Crippen molar-refractivity contribution >= 4 is 39.1 Å². The third-order valence-corrected chi connectivity index (χ3v) is 7.47. The summed E-state index contributed by atoms with van der Waals surface area (Å²) in [5.41, 5.74) is 7.69. The molecule has 0 bridgehead atoms. The Morgan fingerprint density at radius 3 is 2.85 bits per heavy atom. The Morgan fingerprint density at radius 1 is 1.12 bits per heavy atom. The third-order valence-electron chi connectivity index (χ3n) is 5.35. The summed E-state index contributed by atoms with van der Waals surface area (Å²) in [4.78, 5) is 11.9. The molecule has 0 atom stereocenters. The van der Waals surface area contributed by atoms with Gasteiger partial charge in [-0.25, -0.2) is 14.6 Å². The van der Waals surface area contributed by atoms with Gasteiger partial charge >= 0.3 is 0 Å². The Balaban J connectivity index is 1.39. The largest absolute Gasteiger partial charge is 0.383 e. The third kappa shape index (κ3) is 2.87. The van der Waals surface area contributed by atoms with Crippen LogP contribution in [0.4, 0.5) is 5.82 Å². The van der Waals surface area contributed by atoms with Crippen LogP contribution in [0.1, 0.15) is 60.8 Å². The minimum atomic E-state index is 0.435. The predicted octanol–water partition coefficient (Wildman–Crippen LogP) is 3.55. The van der Waals surface area contributed by atoms with E-state index in [2.05, 4.69) is 20.5 Å². The Kier molecular flexibility index (Phi) is 4.28. The van der Waals surface area contributed by atoms with E-state index in [4.69, 9.17) is 10.7 Å². The summed E-state index contributed by atoms with van der Waals surface area (Å²) in [6.45, 7) is 0. The molecule has 1 saturated carbocycles. The summed E-state index contributed by atoms with van der Waals surface area (Å²) in [6.07, 6.45) is 9.59. The second-order valence-electron chi connectivity index (χ2n) is 7.05. The summed E-state index contributed by atoms with van der Waals surface area (Å²) in [6, 6.07) is 0.435. The van der Waals surface area contributed by atoms with Crippen LogP contribution >= 0.6 is 23.1 Å². The van der Waals surface area contributed by atoms with E-state index >= 15 is 0 Å². The SMILES string of the molecule is Nc1nc(CSc2nnnn2C2CCCC2)nc2sc3c(c12)CCCC3. The molecule has 136 valence electrons. The van der Waals surface area contributed by atoms with Crippen molar-refractivity contribution in [1.29, 1.82) is 0 Å². The van der Waals surface area contributed by atoms with Crippen molar-refractivity contribution in [1.82, 2.24) is 30.2 Å². The number of tetrazole rings is 1. The second kappa shape index (κ2) is 6.77. The van der Waals surface area contributed by atoms with E-state index in [0.29, 0.717) is 17.6 Å². The van der Waals surface area contributed by atoms with Gasteiger partial charge in [-0.1, -0.05) is 24.6 Å². The maximum absolute atomic E-state index is 6.30. The first-order valence-electron chi connectivity index (χ1n) is 9.27. The Morgan fingerprint density at radius 2 is 1.96 bits per heavy atom. The van der Waals surface area contributed by atoms with Gasteiger partial charge in [0.25, 0.3) is 0 Å². The molecule has 7 nitrogen and oxygen atoms in total.